The first kappa shape index (κ1) is 22.2. The molecule has 1 aromatic heterocycles. The van der Waals surface area contributed by atoms with Crippen molar-refractivity contribution in [2.24, 2.45) is 11.7 Å². The van der Waals surface area contributed by atoms with E-state index in [1.54, 1.807) is 24.3 Å². The summed E-state index contributed by atoms with van der Waals surface area (Å²) >= 11 is 1.23. The average molecular weight is 446 g/mol. The molecule has 2 heterocycles. The maximum atomic E-state index is 12.4. The Bertz CT molecular complexity index is 967. The van der Waals surface area contributed by atoms with Crippen molar-refractivity contribution < 1.29 is 23.9 Å². The molecule has 1 fully saturated rings. The van der Waals surface area contributed by atoms with Crippen LogP contribution in [0.25, 0.3) is 0 Å². The molecule has 164 valence electrons. The number of carbonyl (C=O) groups excluding carboxylic acids is 3. The summed E-state index contributed by atoms with van der Waals surface area (Å²) in [5, 5.41) is 10.7. The zero-order chi connectivity index (χ0) is 22.4. The van der Waals surface area contributed by atoms with Gasteiger partial charge in [0.15, 0.2) is 5.13 Å². The summed E-state index contributed by atoms with van der Waals surface area (Å²) in [7, 11) is 1.27. The average Bonchev–Trinajstić information content (AvgIpc) is 3.28. The van der Waals surface area contributed by atoms with Gasteiger partial charge in [-0.15, -0.1) is 0 Å². The van der Waals surface area contributed by atoms with Gasteiger partial charge < -0.3 is 25.4 Å². The number of methoxy groups -OCH3 is 1. The monoisotopic (exact) mass is 445 g/mol. The zero-order valence-electron chi connectivity index (χ0n) is 16.9. The number of hydrogen-bond acceptors (Lipinski definition) is 9. The van der Waals surface area contributed by atoms with Crippen LogP contribution < -0.4 is 20.7 Å². The molecule has 1 amide bonds. The number of anilines is 1. The Morgan fingerprint density at radius 2 is 1.94 bits per heavy atom. The number of nitrogen functional groups attached to an aromatic ring is 1. The van der Waals surface area contributed by atoms with Crippen molar-refractivity contribution in [3.05, 3.63) is 40.9 Å². The Balaban J connectivity index is 1.51. The molecule has 1 aliphatic heterocycles. The highest BCUT2D eigenvalue weighted by Gasteiger charge is 2.27. The number of hydrogen-bond donors (Lipinski definition) is 3. The van der Waals surface area contributed by atoms with E-state index in [1.807, 2.05) is 4.90 Å². The molecular weight excluding hydrogens is 422 g/mol. The zero-order valence-corrected chi connectivity index (χ0v) is 17.7. The fraction of sp³-hybridized carbons (Fsp3) is 0.350. The third kappa shape index (κ3) is 5.79. The molecule has 0 atom stereocenters. The summed E-state index contributed by atoms with van der Waals surface area (Å²) in [6, 6.07) is 6.36. The number of nitrogens with one attached hydrogen (secondary N) is 2. The van der Waals surface area contributed by atoms with Crippen molar-refractivity contribution in [2.75, 3.05) is 31.6 Å². The molecule has 0 unspecified atom stereocenters. The van der Waals surface area contributed by atoms with Crippen molar-refractivity contribution in [3.8, 4) is 5.75 Å². The van der Waals surface area contributed by atoms with Crippen LogP contribution in [0, 0.1) is 11.3 Å². The summed E-state index contributed by atoms with van der Waals surface area (Å²) in [5.41, 5.74) is 5.95. The van der Waals surface area contributed by atoms with Gasteiger partial charge in [-0.05, 0) is 37.1 Å². The first-order chi connectivity index (χ1) is 14.9. The molecule has 11 heteroatoms. The first-order valence-corrected chi connectivity index (χ1v) is 10.4. The van der Waals surface area contributed by atoms with Gasteiger partial charge in [0.1, 0.15) is 23.0 Å². The van der Waals surface area contributed by atoms with Crippen LogP contribution in [0.1, 0.15) is 28.1 Å². The number of ether oxygens (including phenoxy) is 2. The van der Waals surface area contributed by atoms with Gasteiger partial charge in [-0.25, -0.2) is 9.78 Å². The minimum absolute atomic E-state index is 0.0605. The molecule has 1 saturated heterocycles. The molecule has 0 radical (unpaired) electrons. The fourth-order valence-electron chi connectivity index (χ4n) is 3.07. The van der Waals surface area contributed by atoms with Crippen LogP contribution in [0.5, 0.6) is 5.75 Å². The van der Waals surface area contributed by atoms with Crippen LogP contribution in [0.15, 0.2) is 30.5 Å². The number of nitrogens with two attached hydrogens (primary N) is 1. The third-order valence-electron chi connectivity index (χ3n) is 4.84. The number of nitrogens with zero attached hydrogens (tertiary/aromatic N) is 2. The van der Waals surface area contributed by atoms with Gasteiger partial charge >= 0.3 is 11.9 Å². The third-order valence-corrected chi connectivity index (χ3v) is 5.88. The fourth-order valence-corrected chi connectivity index (χ4v) is 3.92. The van der Waals surface area contributed by atoms with E-state index in [4.69, 9.17) is 15.9 Å². The molecule has 2 aromatic rings. The lowest BCUT2D eigenvalue weighted by Gasteiger charge is -2.30. The predicted octanol–water partition coefficient (Wildman–Crippen LogP) is 1.15. The Morgan fingerprint density at radius 1 is 1.26 bits per heavy atom. The smallest absolute Gasteiger partial charge is 0.355 e. The number of benzene rings is 1. The van der Waals surface area contributed by atoms with Gasteiger partial charge in [-0.1, -0.05) is 11.3 Å². The second kappa shape index (κ2) is 10.0. The van der Waals surface area contributed by atoms with E-state index < -0.39 is 11.9 Å². The molecule has 10 nitrogen and oxygen atoms in total. The maximum absolute atomic E-state index is 12.4. The summed E-state index contributed by atoms with van der Waals surface area (Å²) in [5.74, 6) is -1.05. The maximum Gasteiger partial charge on any atom is 0.355 e. The van der Waals surface area contributed by atoms with Gasteiger partial charge in [0.2, 0.25) is 5.91 Å². The highest BCUT2D eigenvalue weighted by Crippen LogP contribution is 2.28. The van der Waals surface area contributed by atoms with E-state index in [0.29, 0.717) is 47.3 Å². The molecular formula is C20H23N5O5S. The van der Waals surface area contributed by atoms with Crippen LogP contribution in [-0.4, -0.2) is 55.4 Å². The van der Waals surface area contributed by atoms with E-state index in [1.165, 1.54) is 24.6 Å². The molecule has 0 spiro atoms. The van der Waals surface area contributed by atoms with Crippen LogP contribution >= 0.6 is 11.3 Å². The second-order valence-electron chi connectivity index (χ2n) is 6.89. The summed E-state index contributed by atoms with van der Waals surface area (Å²) in [4.78, 5) is 42.4. The predicted molar refractivity (Wildman–Crippen MR) is 114 cm³/mol. The number of esters is 2. The molecule has 31 heavy (non-hydrogen) atoms. The molecule has 1 aliphatic rings. The van der Waals surface area contributed by atoms with Gasteiger partial charge in [-0.3, -0.25) is 15.0 Å². The van der Waals surface area contributed by atoms with Crippen LogP contribution in [0.2, 0.25) is 0 Å². The summed E-state index contributed by atoms with van der Waals surface area (Å²) in [6.45, 7) is 1.10. The Labute approximate surface area is 182 Å². The van der Waals surface area contributed by atoms with Gasteiger partial charge in [0.05, 0.1) is 13.3 Å². The van der Waals surface area contributed by atoms with E-state index in [2.05, 4.69) is 15.0 Å². The van der Waals surface area contributed by atoms with Crippen molar-refractivity contribution in [3.63, 3.8) is 0 Å². The van der Waals surface area contributed by atoms with E-state index in [-0.39, 0.29) is 24.2 Å². The number of piperidine rings is 1. The van der Waals surface area contributed by atoms with Crippen LogP contribution in [0.3, 0.4) is 0 Å². The number of thiazole rings is 1. The van der Waals surface area contributed by atoms with Crippen molar-refractivity contribution in [1.82, 2.24) is 10.3 Å². The van der Waals surface area contributed by atoms with Gasteiger partial charge in [0, 0.05) is 24.6 Å². The summed E-state index contributed by atoms with van der Waals surface area (Å²) in [6.07, 6.45) is 2.71. The molecule has 0 bridgehead atoms. The standard InChI is InChI=1S/C20H23N5O5S/c1-29-16(26)11-23-18(27)13-6-8-25(9-7-13)20-24-10-15(31-20)19(28)30-14-4-2-12(3-5-14)17(21)22/h2-5,10,13H,6-9,11H2,1H3,(H3,21,22)(H,23,27). The number of amidine groups is 1. The molecule has 3 rings (SSSR count). The molecule has 4 N–H and O–H groups in total. The van der Waals surface area contributed by atoms with Crippen LogP contribution in [0.4, 0.5) is 5.13 Å². The Morgan fingerprint density at radius 3 is 2.55 bits per heavy atom. The Hall–Kier alpha value is -3.47. The number of rotatable bonds is 7. The summed E-state index contributed by atoms with van der Waals surface area (Å²) < 4.78 is 9.87. The van der Waals surface area contributed by atoms with Crippen molar-refractivity contribution in [1.29, 1.82) is 5.41 Å². The van der Waals surface area contributed by atoms with Crippen molar-refractivity contribution in [2.45, 2.75) is 12.8 Å². The second-order valence-corrected chi connectivity index (χ2v) is 7.90. The number of carbonyl (C=O) groups is 3. The van der Waals surface area contributed by atoms with Crippen LogP contribution in [-0.2, 0) is 14.3 Å². The number of aromatic nitrogens is 1. The van der Waals surface area contributed by atoms with Gasteiger partial charge in [-0.2, -0.15) is 0 Å². The lowest BCUT2D eigenvalue weighted by molar-refractivity contribution is -0.141. The molecule has 1 aromatic carbocycles. The minimum Gasteiger partial charge on any atom is -0.468 e. The van der Waals surface area contributed by atoms with E-state index in [9.17, 15) is 14.4 Å². The van der Waals surface area contributed by atoms with Crippen molar-refractivity contribution >= 4 is 40.1 Å². The Kier molecular flexibility index (Phi) is 7.19. The quantitative estimate of drug-likeness (QED) is 0.249. The van der Waals surface area contributed by atoms with E-state index in [0.717, 1.165) is 0 Å². The lowest BCUT2D eigenvalue weighted by Crippen LogP contribution is -2.42. The molecule has 0 aliphatic carbocycles. The number of amides is 1. The lowest BCUT2D eigenvalue weighted by atomic mass is 9.96. The highest BCUT2D eigenvalue weighted by atomic mass is 32.1. The largest absolute Gasteiger partial charge is 0.468 e. The SMILES string of the molecule is COC(=O)CNC(=O)C1CCN(c2ncc(C(=O)Oc3ccc(C(=N)N)cc3)s2)CC1. The van der Waals surface area contributed by atoms with E-state index >= 15 is 0 Å². The molecule has 0 saturated carbocycles. The minimum atomic E-state index is -0.517. The first-order valence-electron chi connectivity index (χ1n) is 9.59. The van der Waals surface area contributed by atoms with Gasteiger partial charge in [0.25, 0.3) is 0 Å². The normalized spacial score (nSPS) is 14.0. The highest BCUT2D eigenvalue weighted by molar-refractivity contribution is 7.17. The topological polar surface area (TPSA) is 148 Å².